The molecule has 2 fully saturated rings. The van der Waals surface area contributed by atoms with Crippen molar-refractivity contribution in [3.05, 3.63) is 34.2 Å². The molecule has 0 bridgehead atoms. The van der Waals surface area contributed by atoms with Crippen LogP contribution in [0.4, 0.5) is 0 Å². The third-order valence-electron chi connectivity index (χ3n) is 6.40. The van der Waals surface area contributed by atoms with Crippen LogP contribution in [0.15, 0.2) is 23.0 Å². The van der Waals surface area contributed by atoms with Gasteiger partial charge in [0.2, 0.25) is 0 Å². The molecule has 26 heavy (non-hydrogen) atoms. The first-order chi connectivity index (χ1) is 12.5. The summed E-state index contributed by atoms with van der Waals surface area (Å²) in [6, 6.07) is 5.75. The van der Waals surface area contributed by atoms with Crippen LogP contribution in [0.3, 0.4) is 0 Å². The fourth-order valence-electron chi connectivity index (χ4n) is 4.86. The number of hydrogen-bond acceptors (Lipinski definition) is 3. The third kappa shape index (κ3) is 2.74. The molecule has 3 unspecified atom stereocenters. The van der Waals surface area contributed by atoms with Gasteiger partial charge in [0, 0.05) is 13.5 Å². The maximum absolute atomic E-state index is 12.9. The van der Waals surface area contributed by atoms with Gasteiger partial charge in [-0.1, -0.05) is 32.3 Å². The maximum atomic E-state index is 12.9. The van der Waals surface area contributed by atoms with Gasteiger partial charge in [0.15, 0.2) is 5.78 Å². The molecule has 2 aliphatic rings. The van der Waals surface area contributed by atoms with E-state index >= 15 is 0 Å². The molecule has 0 spiro atoms. The van der Waals surface area contributed by atoms with Crippen LogP contribution in [0.25, 0.3) is 11.0 Å². The van der Waals surface area contributed by atoms with Crippen molar-refractivity contribution in [2.24, 2.45) is 13.0 Å². The van der Waals surface area contributed by atoms with Gasteiger partial charge in [-0.25, -0.2) is 4.79 Å². The Hall–Kier alpha value is -2.17. The molecule has 1 heterocycles. The molecule has 138 valence electrons. The van der Waals surface area contributed by atoms with Crippen LogP contribution in [-0.4, -0.2) is 20.7 Å². The van der Waals surface area contributed by atoms with Gasteiger partial charge in [-0.15, -0.1) is 0 Å². The predicted molar refractivity (Wildman–Crippen MR) is 100 cm³/mol. The van der Waals surface area contributed by atoms with Gasteiger partial charge >= 0.3 is 5.69 Å². The van der Waals surface area contributed by atoms with Crippen molar-refractivity contribution in [1.29, 1.82) is 0 Å². The number of hydrogen-bond donors (Lipinski definition) is 0. The Morgan fingerprint density at radius 2 is 1.77 bits per heavy atom. The molecule has 2 aromatic rings. The van der Waals surface area contributed by atoms with Crippen LogP contribution < -0.4 is 5.69 Å². The number of ketones is 2. The second-order valence-corrected chi connectivity index (χ2v) is 8.06. The molecule has 0 N–H and O–H groups in total. The normalized spacial score (nSPS) is 27.2. The van der Waals surface area contributed by atoms with Gasteiger partial charge in [0.1, 0.15) is 5.78 Å². The lowest BCUT2D eigenvalue weighted by Crippen LogP contribution is -2.34. The Morgan fingerprint density at radius 3 is 2.50 bits per heavy atom. The minimum atomic E-state index is -0.511. The average molecular weight is 354 g/mol. The summed E-state index contributed by atoms with van der Waals surface area (Å²) in [7, 11) is 1.77. The fourth-order valence-corrected chi connectivity index (χ4v) is 4.86. The molecule has 2 aliphatic carbocycles. The number of imidazole rings is 1. The summed E-state index contributed by atoms with van der Waals surface area (Å²) in [6.45, 7) is 2.32. The second-order valence-electron chi connectivity index (χ2n) is 8.06. The largest absolute Gasteiger partial charge is 0.329 e. The smallest absolute Gasteiger partial charge is 0.299 e. The van der Waals surface area contributed by atoms with E-state index in [1.54, 1.807) is 16.2 Å². The molecule has 3 atom stereocenters. The van der Waals surface area contributed by atoms with Crippen molar-refractivity contribution >= 4 is 22.6 Å². The number of carbonyl (C=O) groups is 2. The Labute approximate surface area is 153 Å². The first-order valence-corrected chi connectivity index (χ1v) is 9.72. The van der Waals surface area contributed by atoms with E-state index in [0.29, 0.717) is 24.7 Å². The van der Waals surface area contributed by atoms with Crippen molar-refractivity contribution in [2.75, 3.05) is 0 Å². The van der Waals surface area contributed by atoms with Gasteiger partial charge in [-0.3, -0.25) is 18.7 Å². The number of aryl methyl sites for hydroxylation is 1. The van der Waals surface area contributed by atoms with E-state index in [1.807, 2.05) is 6.07 Å². The van der Waals surface area contributed by atoms with E-state index in [0.717, 1.165) is 11.0 Å². The topological polar surface area (TPSA) is 61.1 Å². The Morgan fingerprint density at radius 1 is 1.00 bits per heavy atom. The average Bonchev–Trinajstić information content (AvgIpc) is 2.87. The molecule has 1 aromatic carbocycles. The molecular weight excluding hydrogens is 328 g/mol. The summed E-state index contributed by atoms with van der Waals surface area (Å²) < 4.78 is 3.26. The number of aromatic nitrogens is 2. The molecular formula is C21H26N2O3. The quantitative estimate of drug-likeness (QED) is 0.776. The Balaban J connectivity index is 1.79. The lowest BCUT2D eigenvalue weighted by Gasteiger charge is -2.29. The first-order valence-electron chi connectivity index (χ1n) is 9.72. The summed E-state index contributed by atoms with van der Waals surface area (Å²) in [4.78, 5) is 36.8. The SMILES string of the molecule is CC1CCCCC1c1ccc2c(c1)n(C)c(=O)n2C1CCC(=O)CC1=O. The van der Waals surface area contributed by atoms with E-state index in [9.17, 15) is 14.4 Å². The minimum Gasteiger partial charge on any atom is -0.299 e. The van der Waals surface area contributed by atoms with Crippen molar-refractivity contribution in [3.63, 3.8) is 0 Å². The molecule has 5 heteroatoms. The molecule has 0 aliphatic heterocycles. The van der Waals surface area contributed by atoms with E-state index in [2.05, 4.69) is 19.1 Å². The second kappa shape index (κ2) is 6.53. The number of rotatable bonds is 2. The molecule has 0 saturated heterocycles. The molecule has 5 nitrogen and oxygen atoms in total. The van der Waals surface area contributed by atoms with Crippen LogP contribution in [0.2, 0.25) is 0 Å². The van der Waals surface area contributed by atoms with Crippen LogP contribution >= 0.6 is 0 Å². The standard InChI is InChI=1S/C21H26N2O3/c1-13-5-3-4-6-16(13)14-7-9-17-19(11-14)22(2)21(26)23(17)18-10-8-15(24)12-20(18)25/h7,9,11,13,16,18H,3-6,8,10,12H2,1-2H3. The molecule has 1 aromatic heterocycles. The minimum absolute atomic E-state index is 0.0203. The van der Waals surface area contributed by atoms with Crippen molar-refractivity contribution in [3.8, 4) is 0 Å². The number of carbonyl (C=O) groups excluding carboxylic acids is 2. The monoisotopic (exact) mass is 354 g/mol. The van der Waals surface area contributed by atoms with Crippen LogP contribution in [-0.2, 0) is 16.6 Å². The van der Waals surface area contributed by atoms with Gasteiger partial charge in [-0.2, -0.15) is 0 Å². The van der Waals surface area contributed by atoms with E-state index in [4.69, 9.17) is 0 Å². The zero-order chi connectivity index (χ0) is 18.4. The molecule has 0 amide bonds. The number of fused-ring (bicyclic) bond motifs is 1. The summed E-state index contributed by atoms with van der Waals surface area (Å²) >= 11 is 0. The van der Waals surface area contributed by atoms with Gasteiger partial charge in [0.25, 0.3) is 0 Å². The highest BCUT2D eigenvalue weighted by atomic mass is 16.2. The molecule has 2 saturated carbocycles. The van der Waals surface area contributed by atoms with E-state index in [-0.39, 0.29) is 23.7 Å². The summed E-state index contributed by atoms with van der Waals surface area (Å²) in [6.07, 6.45) is 5.77. The highest BCUT2D eigenvalue weighted by Crippen LogP contribution is 2.38. The Bertz CT molecular complexity index is 937. The van der Waals surface area contributed by atoms with E-state index in [1.165, 1.54) is 31.2 Å². The highest BCUT2D eigenvalue weighted by Gasteiger charge is 2.32. The lowest BCUT2D eigenvalue weighted by atomic mass is 9.76. The van der Waals surface area contributed by atoms with Gasteiger partial charge < -0.3 is 0 Å². The predicted octanol–water partition coefficient (Wildman–Crippen LogP) is 3.50. The molecule has 0 radical (unpaired) electrons. The van der Waals surface area contributed by atoms with Crippen LogP contribution in [0, 0.1) is 5.92 Å². The third-order valence-corrected chi connectivity index (χ3v) is 6.40. The van der Waals surface area contributed by atoms with Crippen LogP contribution in [0.1, 0.15) is 69.4 Å². The number of nitrogens with zero attached hydrogens (tertiary/aromatic N) is 2. The number of benzene rings is 1. The highest BCUT2D eigenvalue weighted by molar-refractivity contribution is 6.03. The van der Waals surface area contributed by atoms with E-state index < -0.39 is 6.04 Å². The van der Waals surface area contributed by atoms with Crippen molar-refractivity contribution < 1.29 is 9.59 Å². The van der Waals surface area contributed by atoms with Crippen molar-refractivity contribution in [2.45, 2.75) is 63.8 Å². The molecule has 4 rings (SSSR count). The van der Waals surface area contributed by atoms with Crippen molar-refractivity contribution in [1.82, 2.24) is 9.13 Å². The number of Topliss-reactive ketones (excluding diaryl/α,β-unsaturated/α-hetero) is 2. The first kappa shape index (κ1) is 17.3. The lowest BCUT2D eigenvalue weighted by molar-refractivity contribution is -0.132. The van der Waals surface area contributed by atoms with Gasteiger partial charge in [-0.05, 0) is 42.4 Å². The zero-order valence-electron chi connectivity index (χ0n) is 15.5. The Kier molecular flexibility index (Phi) is 4.33. The summed E-state index contributed by atoms with van der Waals surface area (Å²) in [5.74, 6) is 1.04. The van der Waals surface area contributed by atoms with Gasteiger partial charge in [0.05, 0.1) is 23.5 Å². The maximum Gasteiger partial charge on any atom is 0.329 e. The summed E-state index contributed by atoms with van der Waals surface area (Å²) in [5.41, 5.74) is 2.82. The zero-order valence-corrected chi connectivity index (χ0v) is 15.5. The van der Waals surface area contributed by atoms with Crippen LogP contribution in [0.5, 0.6) is 0 Å². The fraction of sp³-hybridized carbons (Fsp3) is 0.571. The summed E-state index contributed by atoms with van der Waals surface area (Å²) in [5, 5.41) is 0.